The standard InChI is InChI=1S/C27H34N2O3/c1-20(2)18-29-24(16-21-7-4-3-5-8-21)17-27(26(29)32)11-13-28(14-12-27)19-22-9-6-10-23(15-22)25(30)31/h3-10,15,20,24H,11-14,16-19H2,1-2H3,(H,30,31)/t24-/m1/s1. The van der Waals surface area contributed by atoms with Gasteiger partial charge in [0.2, 0.25) is 5.91 Å². The molecule has 0 radical (unpaired) electrons. The first-order valence-electron chi connectivity index (χ1n) is 11.8. The summed E-state index contributed by atoms with van der Waals surface area (Å²) in [6.45, 7) is 7.67. The molecule has 170 valence electrons. The number of carboxylic acids is 1. The summed E-state index contributed by atoms with van der Waals surface area (Å²) in [5, 5.41) is 9.25. The van der Waals surface area contributed by atoms with Gasteiger partial charge < -0.3 is 10.0 Å². The van der Waals surface area contributed by atoms with Crippen molar-refractivity contribution in [3.63, 3.8) is 0 Å². The van der Waals surface area contributed by atoms with Crippen LogP contribution in [0.25, 0.3) is 0 Å². The summed E-state index contributed by atoms with van der Waals surface area (Å²) >= 11 is 0. The van der Waals surface area contributed by atoms with E-state index >= 15 is 0 Å². The maximum Gasteiger partial charge on any atom is 0.335 e. The van der Waals surface area contributed by atoms with Crippen molar-refractivity contribution in [2.45, 2.75) is 52.1 Å². The molecule has 0 aromatic heterocycles. The minimum absolute atomic E-state index is 0.242. The lowest BCUT2D eigenvalue weighted by molar-refractivity contribution is -0.139. The van der Waals surface area contributed by atoms with E-state index in [0.717, 1.165) is 57.4 Å². The molecule has 2 aliphatic heterocycles. The van der Waals surface area contributed by atoms with Crippen LogP contribution in [0.1, 0.15) is 54.6 Å². The summed E-state index contributed by atoms with van der Waals surface area (Å²) in [7, 11) is 0. The van der Waals surface area contributed by atoms with E-state index in [0.29, 0.717) is 17.4 Å². The van der Waals surface area contributed by atoms with E-state index in [1.54, 1.807) is 12.1 Å². The lowest BCUT2D eigenvalue weighted by atomic mass is 9.75. The van der Waals surface area contributed by atoms with Crippen LogP contribution in [0, 0.1) is 11.3 Å². The quantitative estimate of drug-likeness (QED) is 0.699. The third kappa shape index (κ3) is 4.88. The Morgan fingerprint density at radius 1 is 1.06 bits per heavy atom. The van der Waals surface area contributed by atoms with Gasteiger partial charge in [0.15, 0.2) is 0 Å². The van der Waals surface area contributed by atoms with Crippen LogP contribution in [0.3, 0.4) is 0 Å². The highest BCUT2D eigenvalue weighted by atomic mass is 16.4. The number of hydrogen-bond donors (Lipinski definition) is 1. The van der Waals surface area contributed by atoms with Gasteiger partial charge >= 0.3 is 5.97 Å². The molecule has 32 heavy (non-hydrogen) atoms. The van der Waals surface area contributed by atoms with E-state index < -0.39 is 5.97 Å². The van der Waals surface area contributed by atoms with Crippen LogP contribution in [0.4, 0.5) is 0 Å². The molecule has 2 heterocycles. The number of likely N-dealkylation sites (tertiary alicyclic amines) is 2. The maximum atomic E-state index is 13.6. The highest BCUT2D eigenvalue weighted by Gasteiger charge is 2.52. The average molecular weight is 435 g/mol. The summed E-state index contributed by atoms with van der Waals surface area (Å²) in [5.41, 5.74) is 2.40. The van der Waals surface area contributed by atoms with Crippen molar-refractivity contribution in [3.05, 3.63) is 71.3 Å². The van der Waals surface area contributed by atoms with Crippen LogP contribution >= 0.6 is 0 Å². The Kier molecular flexibility index (Phi) is 6.66. The molecule has 0 bridgehead atoms. The van der Waals surface area contributed by atoms with Gasteiger partial charge in [0.05, 0.1) is 11.0 Å². The SMILES string of the molecule is CC(C)CN1C(=O)C2(CCN(Cc3cccc(C(=O)O)c3)CC2)C[C@H]1Cc1ccccc1. The molecule has 2 aromatic carbocycles. The molecule has 0 saturated carbocycles. The van der Waals surface area contributed by atoms with Gasteiger partial charge in [-0.2, -0.15) is 0 Å². The largest absolute Gasteiger partial charge is 0.478 e. The molecule has 1 atom stereocenters. The maximum absolute atomic E-state index is 13.6. The van der Waals surface area contributed by atoms with Gasteiger partial charge in [0.1, 0.15) is 0 Å². The van der Waals surface area contributed by atoms with Crippen molar-refractivity contribution in [2.24, 2.45) is 11.3 Å². The predicted octanol–water partition coefficient (Wildman–Crippen LogP) is 4.47. The van der Waals surface area contributed by atoms with E-state index in [1.165, 1.54) is 5.56 Å². The minimum atomic E-state index is -0.893. The highest BCUT2D eigenvalue weighted by molar-refractivity contribution is 5.87. The van der Waals surface area contributed by atoms with Crippen LogP contribution in [-0.2, 0) is 17.8 Å². The number of aromatic carboxylic acids is 1. The molecule has 5 heteroatoms. The van der Waals surface area contributed by atoms with Crippen LogP contribution in [0.15, 0.2) is 54.6 Å². The van der Waals surface area contributed by atoms with Gasteiger partial charge in [-0.3, -0.25) is 9.69 Å². The molecule has 0 aliphatic carbocycles. The van der Waals surface area contributed by atoms with Gasteiger partial charge in [0.25, 0.3) is 0 Å². The van der Waals surface area contributed by atoms with Crippen molar-refractivity contribution in [2.75, 3.05) is 19.6 Å². The Bertz CT molecular complexity index is 948. The first kappa shape index (κ1) is 22.5. The first-order valence-corrected chi connectivity index (χ1v) is 11.8. The van der Waals surface area contributed by atoms with Gasteiger partial charge in [0, 0.05) is 19.1 Å². The molecular formula is C27H34N2O3. The molecule has 4 rings (SSSR count). The number of carboxylic acid groups (broad SMARTS) is 1. The van der Waals surface area contributed by atoms with Gasteiger partial charge in [-0.25, -0.2) is 4.79 Å². The fourth-order valence-electron chi connectivity index (χ4n) is 5.43. The average Bonchev–Trinajstić information content (AvgIpc) is 3.01. The number of nitrogens with zero attached hydrogens (tertiary/aromatic N) is 2. The zero-order valence-corrected chi connectivity index (χ0v) is 19.2. The zero-order chi connectivity index (χ0) is 22.7. The third-order valence-corrected chi connectivity index (χ3v) is 7.05. The number of piperidine rings is 1. The van der Waals surface area contributed by atoms with Gasteiger partial charge in [-0.1, -0.05) is 56.3 Å². The number of carbonyl (C=O) groups is 2. The van der Waals surface area contributed by atoms with Crippen LogP contribution < -0.4 is 0 Å². The van der Waals surface area contributed by atoms with Gasteiger partial charge in [-0.15, -0.1) is 0 Å². The van der Waals surface area contributed by atoms with E-state index in [-0.39, 0.29) is 11.5 Å². The molecule has 1 amide bonds. The fourth-order valence-corrected chi connectivity index (χ4v) is 5.43. The topological polar surface area (TPSA) is 60.9 Å². The first-order chi connectivity index (χ1) is 15.4. The number of benzene rings is 2. The van der Waals surface area contributed by atoms with Gasteiger partial charge in [-0.05, 0) is 68.0 Å². The third-order valence-electron chi connectivity index (χ3n) is 7.05. The predicted molar refractivity (Wildman–Crippen MR) is 125 cm³/mol. The number of rotatable bonds is 7. The number of amides is 1. The van der Waals surface area contributed by atoms with Crippen LogP contribution in [-0.4, -0.2) is 52.5 Å². The van der Waals surface area contributed by atoms with Crippen molar-refractivity contribution < 1.29 is 14.7 Å². The molecule has 0 unspecified atom stereocenters. The lowest BCUT2D eigenvalue weighted by Gasteiger charge is -2.38. The van der Waals surface area contributed by atoms with E-state index in [9.17, 15) is 14.7 Å². The molecule has 1 N–H and O–H groups in total. The number of hydrogen-bond acceptors (Lipinski definition) is 3. The normalized spacial score (nSPS) is 20.9. The molecule has 2 fully saturated rings. The Balaban J connectivity index is 1.44. The van der Waals surface area contributed by atoms with Crippen molar-refractivity contribution in [1.29, 1.82) is 0 Å². The summed E-state index contributed by atoms with van der Waals surface area (Å²) < 4.78 is 0. The number of carbonyl (C=O) groups excluding carboxylic acids is 1. The monoisotopic (exact) mass is 434 g/mol. The van der Waals surface area contributed by atoms with E-state index in [4.69, 9.17) is 0 Å². The molecule has 1 spiro atoms. The van der Waals surface area contributed by atoms with Crippen LogP contribution in [0.5, 0.6) is 0 Å². The molecule has 5 nitrogen and oxygen atoms in total. The Morgan fingerprint density at radius 3 is 2.41 bits per heavy atom. The Labute approximate surface area is 191 Å². The minimum Gasteiger partial charge on any atom is -0.478 e. The van der Waals surface area contributed by atoms with E-state index in [1.807, 2.05) is 18.2 Å². The molecular weight excluding hydrogens is 400 g/mol. The van der Waals surface area contributed by atoms with Crippen LogP contribution in [0.2, 0.25) is 0 Å². The van der Waals surface area contributed by atoms with E-state index in [2.05, 4.69) is 47.9 Å². The second-order valence-corrected chi connectivity index (χ2v) is 9.96. The fraction of sp³-hybridized carbons (Fsp3) is 0.481. The second kappa shape index (κ2) is 9.45. The summed E-state index contributed by atoms with van der Waals surface area (Å²) in [6.07, 6.45) is 3.62. The summed E-state index contributed by atoms with van der Waals surface area (Å²) in [4.78, 5) is 29.4. The van der Waals surface area contributed by atoms with Crippen molar-refractivity contribution in [3.8, 4) is 0 Å². The Morgan fingerprint density at radius 2 is 1.75 bits per heavy atom. The van der Waals surface area contributed by atoms with Crippen molar-refractivity contribution >= 4 is 11.9 Å². The second-order valence-electron chi connectivity index (χ2n) is 9.96. The summed E-state index contributed by atoms with van der Waals surface area (Å²) in [5.74, 6) is -0.0932. The highest BCUT2D eigenvalue weighted by Crippen LogP contribution is 2.45. The zero-order valence-electron chi connectivity index (χ0n) is 19.2. The molecule has 2 aromatic rings. The molecule has 2 aliphatic rings. The Hall–Kier alpha value is -2.66. The smallest absolute Gasteiger partial charge is 0.335 e. The molecule has 2 saturated heterocycles. The summed E-state index contributed by atoms with van der Waals surface area (Å²) in [6, 6.07) is 18.0. The lowest BCUT2D eigenvalue weighted by Crippen LogP contribution is -2.45. The van der Waals surface area contributed by atoms with Crippen molar-refractivity contribution in [1.82, 2.24) is 9.80 Å².